The third-order valence-corrected chi connectivity index (χ3v) is 5.48. The maximum atomic E-state index is 13.1. The molecule has 0 saturated carbocycles. The molecule has 0 bridgehead atoms. The largest absolute Gasteiger partial charge is 0.373 e. The van der Waals surface area contributed by atoms with Crippen molar-refractivity contribution in [1.29, 1.82) is 0 Å². The van der Waals surface area contributed by atoms with Crippen LogP contribution in [0.3, 0.4) is 0 Å². The normalized spacial score (nSPS) is 16.3. The van der Waals surface area contributed by atoms with E-state index >= 15 is 0 Å². The van der Waals surface area contributed by atoms with Gasteiger partial charge in [-0.15, -0.1) is 0 Å². The third-order valence-electron chi connectivity index (χ3n) is 5.12. The van der Waals surface area contributed by atoms with Gasteiger partial charge in [0.25, 0.3) is 5.91 Å². The Hall–Kier alpha value is -2.51. The second kappa shape index (κ2) is 10.7. The number of hydrogen-bond donors (Lipinski definition) is 1. The van der Waals surface area contributed by atoms with Crippen molar-refractivity contribution in [2.45, 2.75) is 26.9 Å². The maximum absolute atomic E-state index is 13.1. The molecular formula is C24H30FN3O2S. The first kappa shape index (κ1) is 23.2. The lowest BCUT2D eigenvalue weighted by atomic mass is 10.1. The Morgan fingerprint density at radius 1 is 1.23 bits per heavy atom. The molecule has 0 radical (unpaired) electrons. The molecule has 1 N–H and O–H groups in total. The van der Waals surface area contributed by atoms with Gasteiger partial charge in [0.15, 0.2) is 5.11 Å². The van der Waals surface area contributed by atoms with Crippen molar-refractivity contribution in [3.8, 4) is 0 Å². The van der Waals surface area contributed by atoms with Gasteiger partial charge < -0.3 is 19.9 Å². The number of carbonyl (C=O) groups excluding carboxylic acids is 1. The van der Waals surface area contributed by atoms with E-state index in [4.69, 9.17) is 17.0 Å². The predicted molar refractivity (Wildman–Crippen MR) is 126 cm³/mol. The SMILES string of the molecule is Cc1ccc(C(=O)N(CC(C)C)CC2CN(C(=S)Nc3ccc(F)cc3)CCO2)cc1. The Balaban J connectivity index is 1.64. The molecule has 3 rings (SSSR count). The van der Waals surface area contributed by atoms with Gasteiger partial charge in [-0.3, -0.25) is 4.79 Å². The number of carbonyl (C=O) groups is 1. The van der Waals surface area contributed by atoms with Crippen molar-refractivity contribution in [2.75, 3.05) is 38.1 Å². The molecular weight excluding hydrogens is 413 g/mol. The van der Waals surface area contributed by atoms with Crippen molar-refractivity contribution >= 4 is 28.9 Å². The van der Waals surface area contributed by atoms with Crippen LogP contribution in [0, 0.1) is 18.7 Å². The van der Waals surface area contributed by atoms with E-state index in [9.17, 15) is 9.18 Å². The minimum Gasteiger partial charge on any atom is -0.373 e. The molecule has 7 heteroatoms. The van der Waals surface area contributed by atoms with Gasteiger partial charge >= 0.3 is 0 Å². The first-order valence-corrected chi connectivity index (χ1v) is 11.0. The summed E-state index contributed by atoms with van der Waals surface area (Å²) in [4.78, 5) is 17.1. The van der Waals surface area contributed by atoms with E-state index in [1.165, 1.54) is 12.1 Å². The number of benzene rings is 2. The Kier molecular flexibility index (Phi) is 7.98. The van der Waals surface area contributed by atoms with Crippen LogP contribution in [-0.2, 0) is 4.74 Å². The third kappa shape index (κ3) is 6.74. The number of thiocarbonyl (C=S) groups is 1. The molecule has 1 fully saturated rings. The fourth-order valence-corrected chi connectivity index (χ4v) is 3.84. The zero-order valence-corrected chi connectivity index (χ0v) is 19.1. The van der Waals surface area contributed by atoms with Gasteiger partial charge in [-0.25, -0.2) is 4.39 Å². The Labute approximate surface area is 189 Å². The number of nitrogens with zero attached hydrogens (tertiary/aromatic N) is 2. The number of nitrogens with one attached hydrogen (secondary N) is 1. The molecule has 1 aliphatic rings. The van der Waals surface area contributed by atoms with Crippen LogP contribution >= 0.6 is 12.2 Å². The topological polar surface area (TPSA) is 44.8 Å². The molecule has 0 aliphatic carbocycles. The van der Waals surface area contributed by atoms with Gasteiger partial charge in [-0.2, -0.15) is 0 Å². The number of anilines is 1. The summed E-state index contributed by atoms with van der Waals surface area (Å²) in [6, 6.07) is 13.8. The summed E-state index contributed by atoms with van der Waals surface area (Å²) in [5, 5.41) is 3.72. The van der Waals surface area contributed by atoms with E-state index in [1.54, 1.807) is 12.1 Å². The first-order valence-electron chi connectivity index (χ1n) is 10.6. The highest BCUT2D eigenvalue weighted by molar-refractivity contribution is 7.80. The zero-order chi connectivity index (χ0) is 22.4. The highest BCUT2D eigenvalue weighted by Gasteiger charge is 2.27. The number of amides is 1. The van der Waals surface area contributed by atoms with Crippen LogP contribution in [0.2, 0.25) is 0 Å². The fourth-order valence-electron chi connectivity index (χ4n) is 3.56. The average Bonchev–Trinajstić information content (AvgIpc) is 2.75. The smallest absolute Gasteiger partial charge is 0.253 e. The number of halogens is 1. The summed E-state index contributed by atoms with van der Waals surface area (Å²) in [7, 11) is 0. The summed E-state index contributed by atoms with van der Waals surface area (Å²) >= 11 is 5.55. The van der Waals surface area contributed by atoms with Gasteiger partial charge in [-0.05, 0) is 61.5 Å². The molecule has 2 aromatic carbocycles. The number of morpholine rings is 1. The molecule has 5 nitrogen and oxygen atoms in total. The standard InChI is InChI=1S/C24H30FN3O2S/c1-17(2)14-28(23(29)19-6-4-18(3)5-7-19)16-22-15-27(12-13-30-22)24(31)26-21-10-8-20(25)9-11-21/h4-11,17,22H,12-16H2,1-3H3,(H,26,31). The molecule has 1 saturated heterocycles. The highest BCUT2D eigenvalue weighted by atomic mass is 32.1. The molecule has 1 unspecified atom stereocenters. The number of hydrogen-bond acceptors (Lipinski definition) is 3. The Morgan fingerprint density at radius 2 is 1.90 bits per heavy atom. The molecule has 1 amide bonds. The molecule has 0 aromatic heterocycles. The van der Waals surface area contributed by atoms with Gasteiger partial charge in [0, 0.05) is 37.4 Å². The van der Waals surface area contributed by atoms with Crippen molar-refractivity contribution in [3.05, 3.63) is 65.5 Å². The van der Waals surface area contributed by atoms with E-state index in [-0.39, 0.29) is 17.8 Å². The summed E-state index contributed by atoms with van der Waals surface area (Å²) in [5.74, 6) is 0.0724. The minimum absolute atomic E-state index is 0.0152. The summed E-state index contributed by atoms with van der Waals surface area (Å²) < 4.78 is 19.1. The van der Waals surface area contributed by atoms with Crippen LogP contribution in [-0.4, -0.2) is 59.7 Å². The minimum atomic E-state index is -0.286. The van der Waals surface area contributed by atoms with E-state index < -0.39 is 0 Å². The lowest BCUT2D eigenvalue weighted by Gasteiger charge is -2.37. The summed E-state index contributed by atoms with van der Waals surface area (Å²) in [5.41, 5.74) is 2.55. The van der Waals surface area contributed by atoms with E-state index in [0.717, 1.165) is 11.3 Å². The molecule has 2 aromatic rings. The first-order chi connectivity index (χ1) is 14.8. The number of ether oxygens (including phenoxy) is 1. The van der Waals surface area contributed by atoms with E-state index in [0.29, 0.717) is 49.4 Å². The van der Waals surface area contributed by atoms with Gasteiger partial charge in [0.1, 0.15) is 5.82 Å². The van der Waals surface area contributed by atoms with Crippen LogP contribution in [0.15, 0.2) is 48.5 Å². The quantitative estimate of drug-likeness (QED) is 0.674. The van der Waals surface area contributed by atoms with Crippen LogP contribution in [0.1, 0.15) is 29.8 Å². The average molecular weight is 444 g/mol. The molecule has 1 atom stereocenters. The second-order valence-electron chi connectivity index (χ2n) is 8.35. The van der Waals surface area contributed by atoms with E-state index in [2.05, 4.69) is 19.2 Å². The monoisotopic (exact) mass is 443 g/mol. The van der Waals surface area contributed by atoms with Crippen LogP contribution in [0.5, 0.6) is 0 Å². The van der Waals surface area contributed by atoms with Gasteiger partial charge in [-0.1, -0.05) is 31.5 Å². The lowest BCUT2D eigenvalue weighted by Crippen LogP contribution is -2.52. The highest BCUT2D eigenvalue weighted by Crippen LogP contribution is 2.15. The van der Waals surface area contributed by atoms with Gasteiger partial charge in [0.05, 0.1) is 12.7 Å². The van der Waals surface area contributed by atoms with Gasteiger partial charge in [0.2, 0.25) is 0 Å². The molecule has 31 heavy (non-hydrogen) atoms. The maximum Gasteiger partial charge on any atom is 0.253 e. The summed E-state index contributed by atoms with van der Waals surface area (Å²) in [6.07, 6.45) is -0.144. The lowest BCUT2D eigenvalue weighted by molar-refractivity contribution is -0.0215. The molecule has 1 heterocycles. The number of aryl methyl sites for hydroxylation is 1. The Morgan fingerprint density at radius 3 is 2.55 bits per heavy atom. The van der Waals surface area contributed by atoms with Crippen LogP contribution in [0.4, 0.5) is 10.1 Å². The molecule has 0 spiro atoms. The van der Waals surface area contributed by atoms with Crippen molar-refractivity contribution in [1.82, 2.24) is 9.80 Å². The van der Waals surface area contributed by atoms with Crippen LogP contribution < -0.4 is 5.32 Å². The molecule has 1 aliphatic heterocycles. The second-order valence-corrected chi connectivity index (χ2v) is 8.73. The predicted octanol–water partition coefficient (Wildman–Crippen LogP) is 4.33. The number of rotatable bonds is 6. The van der Waals surface area contributed by atoms with Crippen molar-refractivity contribution < 1.29 is 13.9 Å². The van der Waals surface area contributed by atoms with Crippen molar-refractivity contribution in [2.24, 2.45) is 5.92 Å². The zero-order valence-electron chi connectivity index (χ0n) is 18.3. The van der Waals surface area contributed by atoms with Crippen molar-refractivity contribution in [3.63, 3.8) is 0 Å². The van der Waals surface area contributed by atoms with E-state index in [1.807, 2.05) is 41.0 Å². The summed E-state index contributed by atoms with van der Waals surface area (Å²) in [6.45, 7) is 9.15. The van der Waals surface area contributed by atoms with Crippen LogP contribution in [0.25, 0.3) is 0 Å². The Bertz CT molecular complexity index is 887. The molecule has 166 valence electrons. The fraction of sp³-hybridized carbons (Fsp3) is 0.417.